The molecular weight excluding hydrogens is 307 g/mol. The lowest BCUT2D eigenvalue weighted by Gasteiger charge is -2.10. The molecule has 0 aliphatic carbocycles. The third-order valence-electron chi connectivity index (χ3n) is 2.80. The Labute approximate surface area is 123 Å². The molecule has 2 aromatic rings. The van der Waals surface area contributed by atoms with Crippen molar-refractivity contribution in [1.29, 1.82) is 0 Å². The first kappa shape index (κ1) is 15.3. The fourth-order valence-corrected chi connectivity index (χ4v) is 1.94. The van der Waals surface area contributed by atoms with Gasteiger partial charge in [-0.3, -0.25) is 0 Å². The molecule has 110 valence electrons. The van der Waals surface area contributed by atoms with Crippen LogP contribution in [-0.4, -0.2) is 18.1 Å². The Morgan fingerprint density at radius 3 is 2.38 bits per heavy atom. The van der Waals surface area contributed by atoms with E-state index in [2.05, 4.69) is 9.72 Å². The second-order valence-electron chi connectivity index (χ2n) is 4.12. The standard InChI is InChI=1S/C14H9ClF3NO2/c1-21-13(20)10-6-12(15)19-7-11(10)8-2-4-9(5-3-8)14(16,17)18/h2-7H,1H3. The SMILES string of the molecule is COC(=O)c1cc(Cl)ncc1-c1ccc(C(F)(F)F)cc1. The average Bonchev–Trinajstić information content (AvgIpc) is 2.45. The number of hydrogen-bond donors (Lipinski definition) is 0. The number of nitrogens with zero attached hydrogens (tertiary/aromatic N) is 1. The Hall–Kier alpha value is -2.08. The number of halogens is 4. The first-order valence-corrected chi connectivity index (χ1v) is 6.12. The first-order valence-electron chi connectivity index (χ1n) is 5.74. The third-order valence-corrected chi connectivity index (χ3v) is 3.01. The van der Waals surface area contributed by atoms with Crippen LogP contribution in [0.15, 0.2) is 36.5 Å². The number of alkyl halides is 3. The summed E-state index contributed by atoms with van der Waals surface area (Å²) in [6, 6.07) is 5.71. The van der Waals surface area contributed by atoms with Crippen LogP contribution >= 0.6 is 11.6 Å². The minimum Gasteiger partial charge on any atom is -0.465 e. The predicted molar refractivity (Wildman–Crippen MR) is 71.0 cm³/mol. The minimum atomic E-state index is -4.41. The monoisotopic (exact) mass is 315 g/mol. The van der Waals surface area contributed by atoms with E-state index in [0.717, 1.165) is 12.1 Å². The second kappa shape index (κ2) is 5.73. The first-order chi connectivity index (χ1) is 9.82. The van der Waals surface area contributed by atoms with Crippen LogP contribution in [0.5, 0.6) is 0 Å². The maximum Gasteiger partial charge on any atom is 0.416 e. The number of hydrogen-bond acceptors (Lipinski definition) is 3. The molecule has 0 atom stereocenters. The molecule has 0 saturated carbocycles. The van der Waals surface area contributed by atoms with Crippen molar-refractivity contribution >= 4 is 17.6 Å². The lowest BCUT2D eigenvalue weighted by molar-refractivity contribution is -0.137. The zero-order valence-corrected chi connectivity index (χ0v) is 11.5. The van der Waals surface area contributed by atoms with Crippen molar-refractivity contribution in [3.8, 4) is 11.1 Å². The molecule has 0 radical (unpaired) electrons. The maximum atomic E-state index is 12.5. The highest BCUT2D eigenvalue weighted by atomic mass is 35.5. The van der Waals surface area contributed by atoms with Gasteiger partial charge in [-0.05, 0) is 23.8 Å². The van der Waals surface area contributed by atoms with Gasteiger partial charge in [0.25, 0.3) is 0 Å². The van der Waals surface area contributed by atoms with Crippen molar-refractivity contribution in [3.05, 3.63) is 52.8 Å². The zero-order valence-electron chi connectivity index (χ0n) is 10.7. The highest BCUT2D eigenvalue weighted by molar-refractivity contribution is 6.29. The van der Waals surface area contributed by atoms with Gasteiger partial charge in [-0.1, -0.05) is 23.7 Å². The molecule has 0 aliphatic rings. The van der Waals surface area contributed by atoms with E-state index in [1.807, 2.05) is 0 Å². The molecule has 0 amide bonds. The van der Waals surface area contributed by atoms with Gasteiger partial charge in [-0.15, -0.1) is 0 Å². The van der Waals surface area contributed by atoms with Crippen molar-refractivity contribution < 1.29 is 22.7 Å². The van der Waals surface area contributed by atoms with Crippen LogP contribution in [0.25, 0.3) is 11.1 Å². The summed E-state index contributed by atoms with van der Waals surface area (Å²) in [4.78, 5) is 15.5. The summed E-state index contributed by atoms with van der Waals surface area (Å²) in [5, 5.41) is 0.0889. The molecule has 0 fully saturated rings. The van der Waals surface area contributed by atoms with Crippen LogP contribution in [0.3, 0.4) is 0 Å². The van der Waals surface area contributed by atoms with Crippen LogP contribution in [0, 0.1) is 0 Å². The normalized spacial score (nSPS) is 11.3. The van der Waals surface area contributed by atoms with Gasteiger partial charge in [-0.2, -0.15) is 13.2 Å². The lowest BCUT2D eigenvalue weighted by atomic mass is 10.0. The van der Waals surface area contributed by atoms with Gasteiger partial charge in [0.1, 0.15) is 5.15 Å². The van der Waals surface area contributed by atoms with Crippen molar-refractivity contribution in [2.45, 2.75) is 6.18 Å². The fraction of sp³-hybridized carbons (Fsp3) is 0.143. The zero-order chi connectivity index (χ0) is 15.6. The van der Waals surface area contributed by atoms with Gasteiger partial charge in [0.15, 0.2) is 0 Å². The highest BCUT2D eigenvalue weighted by Gasteiger charge is 2.30. The molecule has 0 unspecified atom stereocenters. The van der Waals surface area contributed by atoms with E-state index in [-0.39, 0.29) is 10.7 Å². The van der Waals surface area contributed by atoms with Crippen LogP contribution < -0.4 is 0 Å². The van der Waals surface area contributed by atoms with Gasteiger partial charge < -0.3 is 4.74 Å². The van der Waals surface area contributed by atoms with Crippen LogP contribution in [-0.2, 0) is 10.9 Å². The van der Waals surface area contributed by atoms with Gasteiger partial charge in [0.2, 0.25) is 0 Å². The Balaban J connectivity index is 2.49. The molecule has 1 aromatic carbocycles. The van der Waals surface area contributed by atoms with Gasteiger partial charge in [-0.25, -0.2) is 9.78 Å². The smallest absolute Gasteiger partial charge is 0.416 e. The molecule has 0 saturated heterocycles. The topological polar surface area (TPSA) is 39.2 Å². The molecule has 21 heavy (non-hydrogen) atoms. The van der Waals surface area contributed by atoms with E-state index in [0.29, 0.717) is 11.1 Å². The summed E-state index contributed by atoms with van der Waals surface area (Å²) < 4.78 is 42.2. The number of esters is 1. The number of methoxy groups -OCH3 is 1. The fourth-order valence-electron chi connectivity index (χ4n) is 1.78. The molecule has 1 heterocycles. The van der Waals surface area contributed by atoms with Gasteiger partial charge in [0.05, 0.1) is 18.2 Å². The van der Waals surface area contributed by atoms with Crippen molar-refractivity contribution in [2.75, 3.05) is 7.11 Å². The van der Waals surface area contributed by atoms with E-state index in [1.165, 1.54) is 31.5 Å². The minimum absolute atomic E-state index is 0.0889. The summed E-state index contributed by atoms with van der Waals surface area (Å²) in [6.07, 6.45) is -3.10. The molecule has 0 N–H and O–H groups in total. The third kappa shape index (κ3) is 3.33. The Morgan fingerprint density at radius 2 is 1.86 bits per heavy atom. The van der Waals surface area contributed by atoms with Crippen molar-refractivity contribution in [1.82, 2.24) is 4.98 Å². The molecule has 0 aliphatic heterocycles. The van der Waals surface area contributed by atoms with E-state index < -0.39 is 17.7 Å². The number of aromatic nitrogens is 1. The average molecular weight is 316 g/mol. The molecule has 0 bridgehead atoms. The van der Waals surface area contributed by atoms with E-state index >= 15 is 0 Å². The molecule has 1 aromatic heterocycles. The number of rotatable bonds is 2. The van der Waals surface area contributed by atoms with Crippen molar-refractivity contribution in [2.24, 2.45) is 0 Å². The predicted octanol–water partition coefficient (Wildman–Crippen LogP) is 4.21. The number of pyridine rings is 1. The summed E-state index contributed by atoms with van der Waals surface area (Å²) >= 11 is 5.72. The van der Waals surface area contributed by atoms with Crippen LogP contribution in [0.2, 0.25) is 5.15 Å². The Kier molecular flexibility index (Phi) is 4.18. The number of carbonyl (C=O) groups excluding carboxylic acids is 1. The van der Waals surface area contributed by atoms with Gasteiger partial charge in [0, 0.05) is 11.8 Å². The van der Waals surface area contributed by atoms with E-state index in [4.69, 9.17) is 11.6 Å². The lowest BCUT2D eigenvalue weighted by Crippen LogP contribution is -2.06. The molecule has 0 spiro atoms. The van der Waals surface area contributed by atoms with E-state index in [9.17, 15) is 18.0 Å². The van der Waals surface area contributed by atoms with Crippen LogP contribution in [0.1, 0.15) is 15.9 Å². The second-order valence-corrected chi connectivity index (χ2v) is 4.51. The van der Waals surface area contributed by atoms with Gasteiger partial charge >= 0.3 is 12.1 Å². The Morgan fingerprint density at radius 1 is 1.24 bits per heavy atom. The molecule has 3 nitrogen and oxygen atoms in total. The van der Waals surface area contributed by atoms with Crippen molar-refractivity contribution in [3.63, 3.8) is 0 Å². The van der Waals surface area contributed by atoms with Crippen LogP contribution in [0.4, 0.5) is 13.2 Å². The number of ether oxygens (including phenoxy) is 1. The highest BCUT2D eigenvalue weighted by Crippen LogP contribution is 2.32. The largest absolute Gasteiger partial charge is 0.465 e. The molecular formula is C14H9ClF3NO2. The quantitative estimate of drug-likeness (QED) is 0.615. The molecule has 7 heteroatoms. The Bertz CT molecular complexity index is 669. The molecule has 2 rings (SSSR count). The summed E-state index contributed by atoms with van der Waals surface area (Å²) in [6.45, 7) is 0. The van der Waals surface area contributed by atoms with E-state index in [1.54, 1.807) is 0 Å². The number of benzene rings is 1. The number of carbonyl (C=O) groups is 1. The summed E-state index contributed by atoms with van der Waals surface area (Å²) in [5.74, 6) is -0.644. The maximum absolute atomic E-state index is 12.5. The summed E-state index contributed by atoms with van der Waals surface area (Å²) in [5.41, 5.74) is 0.123. The summed E-state index contributed by atoms with van der Waals surface area (Å²) in [7, 11) is 1.20.